The molecule has 28 heavy (non-hydrogen) atoms. The summed E-state index contributed by atoms with van der Waals surface area (Å²) >= 11 is 11.9. The lowest BCUT2D eigenvalue weighted by Crippen LogP contribution is -2.23. The molecule has 8 nitrogen and oxygen atoms in total. The number of anilines is 1. The number of sulfonamides is 1. The largest absolute Gasteiger partial charge is 0.494 e. The third-order valence-electron chi connectivity index (χ3n) is 3.68. The Hall–Kier alpha value is -2.49. The highest BCUT2D eigenvalue weighted by Crippen LogP contribution is 2.33. The van der Waals surface area contributed by atoms with Crippen LogP contribution in [0.3, 0.4) is 0 Å². The molecule has 3 N–H and O–H groups in total. The molecule has 0 saturated carbocycles. The Kier molecular flexibility index (Phi) is 6.76. The number of methoxy groups -OCH3 is 1. The van der Waals surface area contributed by atoms with Gasteiger partial charge in [0, 0.05) is 24.1 Å². The van der Waals surface area contributed by atoms with E-state index < -0.39 is 21.8 Å². The van der Waals surface area contributed by atoms with Crippen molar-refractivity contribution in [1.82, 2.24) is 10.6 Å². The number of rotatable bonds is 6. The maximum atomic E-state index is 13.0. The second kappa shape index (κ2) is 8.68. The van der Waals surface area contributed by atoms with Crippen molar-refractivity contribution in [3.05, 3.63) is 51.5 Å². The molecule has 0 bridgehead atoms. The summed E-state index contributed by atoms with van der Waals surface area (Å²) in [5.74, 6) is -1.30. The Balaban J connectivity index is 2.63. The number of carbonyl (C=O) groups is 2. The maximum absolute atomic E-state index is 13.0. The van der Waals surface area contributed by atoms with Crippen LogP contribution >= 0.6 is 23.2 Å². The van der Waals surface area contributed by atoms with Gasteiger partial charge in [-0.1, -0.05) is 23.2 Å². The van der Waals surface area contributed by atoms with E-state index in [0.717, 1.165) is 6.07 Å². The van der Waals surface area contributed by atoms with Crippen LogP contribution in [0.2, 0.25) is 10.0 Å². The molecule has 2 rings (SSSR count). The van der Waals surface area contributed by atoms with Crippen LogP contribution in [0.4, 0.5) is 5.69 Å². The van der Waals surface area contributed by atoms with E-state index in [9.17, 15) is 18.0 Å². The van der Waals surface area contributed by atoms with Crippen molar-refractivity contribution in [1.29, 1.82) is 0 Å². The molecule has 0 atom stereocenters. The van der Waals surface area contributed by atoms with Gasteiger partial charge in [0.25, 0.3) is 21.8 Å². The Morgan fingerprint density at radius 3 is 2.07 bits per heavy atom. The Morgan fingerprint density at radius 1 is 0.929 bits per heavy atom. The Morgan fingerprint density at radius 2 is 1.50 bits per heavy atom. The third-order valence-corrected chi connectivity index (χ3v) is 5.51. The van der Waals surface area contributed by atoms with Gasteiger partial charge in [0.15, 0.2) is 5.75 Å². The van der Waals surface area contributed by atoms with Crippen molar-refractivity contribution in [3.63, 3.8) is 0 Å². The summed E-state index contributed by atoms with van der Waals surface area (Å²) in [6.07, 6.45) is 0. The van der Waals surface area contributed by atoms with Gasteiger partial charge in [0.1, 0.15) is 4.90 Å². The van der Waals surface area contributed by atoms with Crippen molar-refractivity contribution in [2.24, 2.45) is 0 Å². The Labute approximate surface area is 172 Å². The van der Waals surface area contributed by atoms with Gasteiger partial charge in [-0.05, 0) is 30.3 Å². The van der Waals surface area contributed by atoms with Crippen molar-refractivity contribution < 1.29 is 22.7 Å². The summed E-state index contributed by atoms with van der Waals surface area (Å²) < 4.78 is 33.5. The fourth-order valence-corrected chi connectivity index (χ4v) is 4.16. The van der Waals surface area contributed by atoms with Crippen molar-refractivity contribution in [3.8, 4) is 5.75 Å². The summed E-state index contributed by atoms with van der Waals surface area (Å²) in [5, 5.41) is 5.07. The quantitative estimate of drug-likeness (QED) is 0.631. The fourth-order valence-electron chi connectivity index (χ4n) is 2.41. The van der Waals surface area contributed by atoms with Crippen molar-refractivity contribution in [2.75, 3.05) is 25.9 Å². The van der Waals surface area contributed by atoms with E-state index >= 15 is 0 Å². The molecule has 2 aromatic rings. The molecule has 0 heterocycles. The molecule has 0 aliphatic carbocycles. The van der Waals surface area contributed by atoms with Gasteiger partial charge in [0.05, 0.1) is 23.9 Å². The van der Waals surface area contributed by atoms with Crippen molar-refractivity contribution >= 4 is 50.7 Å². The fraction of sp³-hybridized carbons (Fsp3) is 0.176. The zero-order valence-electron chi connectivity index (χ0n) is 15.1. The lowest BCUT2D eigenvalue weighted by atomic mass is 10.2. The molecule has 2 aromatic carbocycles. The summed E-state index contributed by atoms with van der Waals surface area (Å²) in [7, 11) is -0.266. The SMILES string of the molecule is CNC(=O)c1cc(Cl)ccc1NS(=O)(=O)c1cc(Cl)cc(C(=O)NC)c1OC. The normalized spacial score (nSPS) is 10.9. The number of hydrogen-bond donors (Lipinski definition) is 3. The van der Waals surface area contributed by atoms with E-state index in [4.69, 9.17) is 27.9 Å². The van der Waals surface area contributed by atoms with Crippen LogP contribution in [0.1, 0.15) is 20.7 Å². The van der Waals surface area contributed by atoms with Crippen LogP contribution in [0.5, 0.6) is 5.75 Å². The molecule has 150 valence electrons. The number of halogens is 2. The summed E-state index contributed by atoms with van der Waals surface area (Å²) in [6, 6.07) is 6.53. The van der Waals surface area contributed by atoms with Crippen molar-refractivity contribution in [2.45, 2.75) is 4.90 Å². The molecule has 0 fully saturated rings. The predicted molar refractivity (Wildman–Crippen MR) is 107 cm³/mol. The maximum Gasteiger partial charge on any atom is 0.265 e. The first-order valence-electron chi connectivity index (χ1n) is 7.78. The minimum atomic E-state index is -4.28. The molecule has 0 radical (unpaired) electrons. The molecule has 0 aliphatic heterocycles. The number of hydrogen-bond acceptors (Lipinski definition) is 5. The van der Waals surface area contributed by atoms with Crippen LogP contribution in [0, 0.1) is 0 Å². The topological polar surface area (TPSA) is 114 Å². The highest BCUT2D eigenvalue weighted by atomic mass is 35.5. The highest BCUT2D eigenvalue weighted by Gasteiger charge is 2.27. The Bertz CT molecular complexity index is 1040. The summed E-state index contributed by atoms with van der Waals surface area (Å²) in [4.78, 5) is 23.8. The van der Waals surface area contributed by atoms with E-state index in [2.05, 4.69) is 15.4 Å². The van der Waals surface area contributed by atoms with Crippen LogP contribution in [-0.2, 0) is 10.0 Å². The molecular formula is C17H17Cl2N3O5S. The predicted octanol–water partition coefficient (Wildman–Crippen LogP) is 2.52. The van der Waals surface area contributed by atoms with Gasteiger partial charge < -0.3 is 15.4 Å². The summed E-state index contributed by atoms with van der Waals surface area (Å²) in [5.41, 5.74) is -0.0427. The van der Waals surface area contributed by atoms with Crippen LogP contribution in [-0.4, -0.2) is 41.4 Å². The van der Waals surface area contributed by atoms with Crippen LogP contribution in [0.15, 0.2) is 35.2 Å². The number of ether oxygens (including phenoxy) is 1. The molecule has 0 aliphatic rings. The molecule has 0 unspecified atom stereocenters. The number of nitrogens with one attached hydrogen (secondary N) is 3. The minimum absolute atomic E-state index is 0.00716. The first-order valence-corrected chi connectivity index (χ1v) is 10.0. The van der Waals surface area contributed by atoms with Gasteiger partial charge in [-0.25, -0.2) is 8.42 Å². The first-order chi connectivity index (χ1) is 13.1. The van der Waals surface area contributed by atoms with E-state index in [1.807, 2.05) is 0 Å². The summed E-state index contributed by atoms with van der Waals surface area (Å²) in [6.45, 7) is 0. The van der Waals surface area contributed by atoms with Gasteiger partial charge in [-0.15, -0.1) is 0 Å². The number of carbonyl (C=O) groups excluding carboxylic acids is 2. The van der Waals surface area contributed by atoms with E-state index in [1.165, 1.54) is 45.5 Å². The van der Waals surface area contributed by atoms with Gasteiger partial charge in [-0.2, -0.15) is 0 Å². The molecular weight excluding hydrogens is 429 g/mol. The molecule has 0 saturated heterocycles. The lowest BCUT2D eigenvalue weighted by Gasteiger charge is -2.16. The molecule has 2 amide bonds. The van der Waals surface area contributed by atoms with E-state index in [0.29, 0.717) is 0 Å². The molecule has 0 aromatic heterocycles. The van der Waals surface area contributed by atoms with Gasteiger partial charge >= 0.3 is 0 Å². The van der Waals surface area contributed by atoms with E-state index in [-0.39, 0.29) is 37.5 Å². The molecule has 0 spiro atoms. The zero-order chi connectivity index (χ0) is 21.1. The third kappa shape index (κ3) is 4.49. The van der Waals surface area contributed by atoms with E-state index in [1.54, 1.807) is 0 Å². The average molecular weight is 446 g/mol. The number of amides is 2. The second-order valence-electron chi connectivity index (χ2n) is 5.44. The molecule has 11 heteroatoms. The standard InChI is InChI=1S/C17H17Cl2N3O5S/c1-20-16(23)11-6-9(18)4-5-13(11)22-28(25,26)14-8-10(19)7-12(15(14)27-3)17(24)21-2/h4-8,22H,1-3H3,(H,20,23)(H,21,24). The zero-order valence-corrected chi connectivity index (χ0v) is 17.4. The lowest BCUT2D eigenvalue weighted by molar-refractivity contribution is 0.0953. The monoisotopic (exact) mass is 445 g/mol. The minimum Gasteiger partial charge on any atom is -0.494 e. The van der Waals surface area contributed by atoms with Gasteiger partial charge in [-0.3, -0.25) is 14.3 Å². The van der Waals surface area contributed by atoms with Gasteiger partial charge in [0.2, 0.25) is 0 Å². The number of benzene rings is 2. The van der Waals surface area contributed by atoms with Crippen LogP contribution < -0.4 is 20.1 Å². The van der Waals surface area contributed by atoms with Crippen LogP contribution in [0.25, 0.3) is 0 Å². The highest BCUT2D eigenvalue weighted by molar-refractivity contribution is 7.92. The second-order valence-corrected chi connectivity index (χ2v) is 7.96. The smallest absolute Gasteiger partial charge is 0.265 e. The first kappa shape index (κ1) is 21.8. The average Bonchev–Trinajstić information content (AvgIpc) is 2.67.